The Kier molecular flexibility index (Phi) is 5.21. The fourth-order valence-electron chi connectivity index (χ4n) is 2.96. The second-order valence-corrected chi connectivity index (χ2v) is 7.27. The molecule has 0 fully saturated rings. The lowest BCUT2D eigenvalue weighted by atomic mass is 10.1. The molecule has 8 heteroatoms. The van der Waals surface area contributed by atoms with Gasteiger partial charge in [0.15, 0.2) is 0 Å². The summed E-state index contributed by atoms with van der Waals surface area (Å²) < 4.78 is 13.7. The van der Waals surface area contributed by atoms with Gasteiger partial charge in [-0.3, -0.25) is 4.79 Å². The van der Waals surface area contributed by atoms with Gasteiger partial charge in [0, 0.05) is 24.1 Å². The van der Waals surface area contributed by atoms with Gasteiger partial charge in [-0.05, 0) is 63.8 Å². The molecule has 3 aromatic rings. The summed E-state index contributed by atoms with van der Waals surface area (Å²) in [6.07, 6.45) is 2.79. The van der Waals surface area contributed by atoms with Gasteiger partial charge in [0.2, 0.25) is 11.9 Å². The molecule has 142 valence electrons. The molecular formula is C20H17BrFN5O. The number of rotatable bonds is 6. The number of amides is 1. The number of benzene rings is 2. The van der Waals surface area contributed by atoms with Crippen molar-refractivity contribution in [3.63, 3.8) is 0 Å². The zero-order valence-corrected chi connectivity index (χ0v) is 16.4. The van der Waals surface area contributed by atoms with Crippen LogP contribution >= 0.6 is 15.9 Å². The maximum absolute atomic E-state index is 13.0. The number of aromatic nitrogens is 2. The molecule has 1 aliphatic rings. The van der Waals surface area contributed by atoms with E-state index < -0.39 is 0 Å². The Morgan fingerprint density at radius 3 is 2.82 bits per heavy atom. The van der Waals surface area contributed by atoms with Crippen LogP contribution in [0.5, 0.6) is 0 Å². The smallest absolute Gasteiger partial charge is 0.229 e. The summed E-state index contributed by atoms with van der Waals surface area (Å²) in [6, 6.07) is 12.1. The highest BCUT2D eigenvalue weighted by Crippen LogP contribution is 2.28. The van der Waals surface area contributed by atoms with Crippen LogP contribution in [0.15, 0.2) is 53.1 Å². The number of carbonyl (C=O) groups excluding carboxylic acids is 1. The summed E-state index contributed by atoms with van der Waals surface area (Å²) in [5, 5.41) is 9.24. The van der Waals surface area contributed by atoms with Crippen molar-refractivity contribution in [1.29, 1.82) is 0 Å². The average Bonchev–Trinajstić information content (AvgIpc) is 3.05. The first-order valence-electron chi connectivity index (χ1n) is 8.77. The molecule has 3 N–H and O–H groups in total. The fraction of sp³-hybridized carbons (Fsp3) is 0.150. The van der Waals surface area contributed by atoms with Crippen molar-refractivity contribution in [3.8, 4) is 0 Å². The fourth-order valence-corrected chi connectivity index (χ4v) is 3.30. The van der Waals surface area contributed by atoms with Gasteiger partial charge in [-0.1, -0.05) is 12.1 Å². The highest BCUT2D eigenvalue weighted by Gasteiger charge is 2.17. The maximum Gasteiger partial charge on any atom is 0.229 e. The van der Waals surface area contributed by atoms with Crippen molar-refractivity contribution >= 4 is 45.0 Å². The lowest BCUT2D eigenvalue weighted by Gasteiger charge is -2.11. The van der Waals surface area contributed by atoms with Crippen molar-refractivity contribution in [2.24, 2.45) is 0 Å². The van der Waals surface area contributed by atoms with Gasteiger partial charge in [0.05, 0.1) is 10.9 Å². The Morgan fingerprint density at radius 1 is 1.18 bits per heavy atom. The topological polar surface area (TPSA) is 78.9 Å². The molecule has 28 heavy (non-hydrogen) atoms. The zero-order valence-electron chi connectivity index (χ0n) is 14.8. The molecule has 0 spiro atoms. The van der Waals surface area contributed by atoms with Crippen molar-refractivity contribution in [2.45, 2.75) is 12.8 Å². The summed E-state index contributed by atoms with van der Waals surface area (Å²) in [5.41, 5.74) is 3.65. The molecule has 6 nitrogen and oxygen atoms in total. The van der Waals surface area contributed by atoms with Gasteiger partial charge in [-0.15, -0.1) is 0 Å². The third-order valence-corrected chi connectivity index (χ3v) is 4.93. The first kappa shape index (κ1) is 18.4. The number of fused-ring (bicyclic) bond motifs is 1. The number of nitrogens with one attached hydrogen (secondary N) is 3. The molecule has 1 aliphatic heterocycles. The standard InChI is InChI=1S/C20H17BrFN5O/c21-16-11-24-20(25-15-5-6-17-13(9-15)10-18(28)26-17)27-19(16)23-8-7-12-1-3-14(22)4-2-12/h1-6,9,11H,7-8,10H2,(H,26,28)(H2,23,24,25,27). The van der Waals surface area contributed by atoms with E-state index in [0.717, 1.165) is 33.4 Å². The van der Waals surface area contributed by atoms with Crippen molar-refractivity contribution in [1.82, 2.24) is 9.97 Å². The van der Waals surface area contributed by atoms with Crippen LogP contribution in [-0.2, 0) is 17.6 Å². The Hall–Kier alpha value is -3.00. The lowest BCUT2D eigenvalue weighted by Crippen LogP contribution is -2.08. The highest BCUT2D eigenvalue weighted by molar-refractivity contribution is 9.10. The van der Waals surface area contributed by atoms with Gasteiger partial charge in [0.25, 0.3) is 0 Å². The largest absolute Gasteiger partial charge is 0.369 e. The van der Waals surface area contributed by atoms with Crippen LogP contribution < -0.4 is 16.0 Å². The molecule has 0 radical (unpaired) electrons. The van der Waals surface area contributed by atoms with Crippen LogP contribution in [-0.4, -0.2) is 22.4 Å². The Bertz CT molecular complexity index is 1030. The summed E-state index contributed by atoms with van der Waals surface area (Å²) in [6.45, 7) is 0.646. The van der Waals surface area contributed by atoms with Crippen LogP contribution in [0.1, 0.15) is 11.1 Å². The third kappa shape index (κ3) is 4.28. The van der Waals surface area contributed by atoms with E-state index in [1.807, 2.05) is 18.2 Å². The molecule has 0 atom stereocenters. The van der Waals surface area contributed by atoms with E-state index in [4.69, 9.17) is 0 Å². The minimum Gasteiger partial charge on any atom is -0.369 e. The number of anilines is 4. The second-order valence-electron chi connectivity index (χ2n) is 6.42. The number of hydrogen-bond donors (Lipinski definition) is 3. The van der Waals surface area contributed by atoms with E-state index in [1.54, 1.807) is 18.3 Å². The van der Waals surface area contributed by atoms with E-state index in [9.17, 15) is 9.18 Å². The molecule has 0 unspecified atom stereocenters. The Labute approximate surface area is 169 Å². The molecule has 2 heterocycles. The second kappa shape index (κ2) is 7.93. The van der Waals surface area contributed by atoms with Crippen LogP contribution in [0, 0.1) is 5.82 Å². The number of hydrogen-bond acceptors (Lipinski definition) is 5. The van der Waals surface area contributed by atoms with Crippen molar-refractivity contribution in [2.75, 3.05) is 22.5 Å². The summed E-state index contributed by atoms with van der Waals surface area (Å²) in [4.78, 5) is 20.3. The van der Waals surface area contributed by atoms with Crippen molar-refractivity contribution in [3.05, 3.63) is 70.1 Å². The molecule has 2 aromatic carbocycles. The van der Waals surface area contributed by atoms with E-state index in [0.29, 0.717) is 24.7 Å². The summed E-state index contributed by atoms with van der Waals surface area (Å²) in [7, 11) is 0. The SMILES string of the molecule is O=C1Cc2cc(Nc3ncc(Br)c(NCCc4ccc(F)cc4)n3)ccc2N1. The highest BCUT2D eigenvalue weighted by atomic mass is 79.9. The van der Waals surface area contributed by atoms with Crippen LogP contribution in [0.3, 0.4) is 0 Å². The molecule has 1 amide bonds. The molecule has 0 aliphatic carbocycles. The lowest BCUT2D eigenvalue weighted by molar-refractivity contribution is -0.115. The normalized spacial score (nSPS) is 12.4. The number of carbonyl (C=O) groups is 1. The minimum atomic E-state index is -0.238. The van der Waals surface area contributed by atoms with E-state index in [-0.39, 0.29) is 11.7 Å². The van der Waals surface area contributed by atoms with Crippen LogP contribution in [0.25, 0.3) is 0 Å². The van der Waals surface area contributed by atoms with E-state index in [2.05, 4.69) is 41.8 Å². The van der Waals surface area contributed by atoms with Gasteiger partial charge >= 0.3 is 0 Å². The van der Waals surface area contributed by atoms with Gasteiger partial charge in [-0.25, -0.2) is 9.37 Å². The predicted octanol–water partition coefficient (Wildman–Crippen LogP) is 4.27. The summed E-state index contributed by atoms with van der Waals surface area (Å²) in [5.74, 6) is 0.875. The third-order valence-electron chi connectivity index (χ3n) is 4.35. The van der Waals surface area contributed by atoms with Crippen LogP contribution in [0.4, 0.5) is 27.5 Å². The predicted molar refractivity (Wildman–Crippen MR) is 110 cm³/mol. The molecule has 4 rings (SSSR count). The van der Waals surface area contributed by atoms with E-state index in [1.165, 1.54) is 12.1 Å². The maximum atomic E-state index is 13.0. The molecular weight excluding hydrogens is 425 g/mol. The molecule has 0 saturated heterocycles. The zero-order chi connectivity index (χ0) is 19.5. The summed E-state index contributed by atoms with van der Waals surface area (Å²) >= 11 is 3.45. The van der Waals surface area contributed by atoms with Gasteiger partial charge in [-0.2, -0.15) is 4.98 Å². The van der Waals surface area contributed by atoms with E-state index >= 15 is 0 Å². The first-order valence-corrected chi connectivity index (χ1v) is 9.57. The molecule has 0 saturated carbocycles. The quantitative estimate of drug-likeness (QED) is 0.532. The molecule has 0 bridgehead atoms. The average molecular weight is 442 g/mol. The van der Waals surface area contributed by atoms with Gasteiger partial charge in [0.1, 0.15) is 11.6 Å². The number of halogens is 2. The number of nitrogens with zero attached hydrogens (tertiary/aromatic N) is 2. The minimum absolute atomic E-state index is 0.000294. The monoisotopic (exact) mass is 441 g/mol. The first-order chi connectivity index (χ1) is 13.6. The Morgan fingerprint density at radius 2 is 2.00 bits per heavy atom. The van der Waals surface area contributed by atoms with Crippen LogP contribution in [0.2, 0.25) is 0 Å². The Balaban J connectivity index is 1.41. The van der Waals surface area contributed by atoms with Gasteiger partial charge < -0.3 is 16.0 Å². The van der Waals surface area contributed by atoms with Crippen molar-refractivity contribution < 1.29 is 9.18 Å². The molecule has 1 aromatic heterocycles.